The molecule has 0 amide bonds. The van der Waals surface area contributed by atoms with Gasteiger partial charge in [0, 0.05) is 12.1 Å². The van der Waals surface area contributed by atoms with Crippen molar-refractivity contribution in [3.8, 4) is 0 Å². The van der Waals surface area contributed by atoms with Crippen molar-refractivity contribution in [3.05, 3.63) is 0 Å². The van der Waals surface area contributed by atoms with Gasteiger partial charge in [-0.3, -0.25) is 9.69 Å². The lowest BCUT2D eigenvalue weighted by Gasteiger charge is -2.32. The number of likely N-dealkylation sites (tertiary alicyclic amines) is 1. The van der Waals surface area contributed by atoms with Crippen molar-refractivity contribution < 1.29 is 4.79 Å². The second kappa shape index (κ2) is 4.23. The zero-order valence-corrected chi connectivity index (χ0v) is 9.21. The molecule has 1 heterocycles. The van der Waals surface area contributed by atoms with E-state index in [9.17, 15) is 4.79 Å². The number of carbonyl (C=O) groups excluding carboxylic acids is 1. The number of hydrogen-bond donors (Lipinski definition) is 0. The van der Waals surface area contributed by atoms with E-state index in [0.717, 1.165) is 0 Å². The fourth-order valence-corrected chi connectivity index (χ4v) is 2.41. The van der Waals surface area contributed by atoms with E-state index >= 15 is 0 Å². The molecular formula is C11H21NO. The Bertz CT molecular complexity index is 191. The maximum atomic E-state index is 11.3. The smallest absolute Gasteiger partial charge is 0.146 e. The summed E-state index contributed by atoms with van der Waals surface area (Å²) in [6, 6.07) is 1.33. The highest BCUT2D eigenvalue weighted by Crippen LogP contribution is 2.28. The van der Waals surface area contributed by atoms with Crippen molar-refractivity contribution in [2.75, 3.05) is 0 Å². The summed E-state index contributed by atoms with van der Waals surface area (Å²) in [6.45, 7) is 8.17. The topological polar surface area (TPSA) is 20.3 Å². The Morgan fingerprint density at radius 2 is 2.15 bits per heavy atom. The third kappa shape index (κ3) is 2.11. The van der Waals surface area contributed by atoms with Gasteiger partial charge in [0.1, 0.15) is 5.78 Å². The first kappa shape index (κ1) is 10.7. The van der Waals surface area contributed by atoms with Crippen LogP contribution in [0.15, 0.2) is 0 Å². The van der Waals surface area contributed by atoms with E-state index in [0.29, 0.717) is 17.9 Å². The maximum Gasteiger partial charge on any atom is 0.146 e. The summed E-state index contributed by atoms with van der Waals surface area (Å²) in [6.07, 6.45) is 3.67. The molecule has 0 aromatic rings. The van der Waals surface area contributed by atoms with Crippen LogP contribution in [0.4, 0.5) is 0 Å². The minimum Gasteiger partial charge on any atom is -0.298 e. The lowest BCUT2D eigenvalue weighted by Crippen LogP contribution is -2.44. The molecule has 0 bridgehead atoms. The molecule has 1 aliphatic rings. The number of Topliss-reactive ketones (excluding diaryl/α,β-unsaturated/α-hetero) is 1. The van der Waals surface area contributed by atoms with Gasteiger partial charge in [0.25, 0.3) is 0 Å². The number of ketones is 1. The largest absolute Gasteiger partial charge is 0.298 e. The molecule has 0 saturated carbocycles. The summed E-state index contributed by atoms with van der Waals surface area (Å²) >= 11 is 0. The average molecular weight is 183 g/mol. The molecule has 1 rings (SSSR count). The molecule has 3 atom stereocenters. The van der Waals surface area contributed by atoms with Gasteiger partial charge < -0.3 is 0 Å². The van der Waals surface area contributed by atoms with Crippen molar-refractivity contribution in [3.63, 3.8) is 0 Å². The van der Waals surface area contributed by atoms with Crippen LogP contribution in [0.1, 0.15) is 47.0 Å². The molecule has 2 heteroatoms. The highest BCUT2D eigenvalue weighted by atomic mass is 16.1. The van der Waals surface area contributed by atoms with Gasteiger partial charge >= 0.3 is 0 Å². The van der Waals surface area contributed by atoms with Crippen LogP contribution in [0.3, 0.4) is 0 Å². The lowest BCUT2D eigenvalue weighted by molar-refractivity contribution is -0.122. The highest BCUT2D eigenvalue weighted by Gasteiger charge is 2.34. The second-order valence-electron chi connectivity index (χ2n) is 4.22. The van der Waals surface area contributed by atoms with Crippen molar-refractivity contribution >= 4 is 5.78 Å². The molecule has 0 aliphatic carbocycles. The zero-order chi connectivity index (χ0) is 10.0. The molecule has 2 nitrogen and oxygen atoms in total. The number of carbonyl (C=O) groups is 1. The van der Waals surface area contributed by atoms with E-state index in [1.807, 2.05) is 6.92 Å². The van der Waals surface area contributed by atoms with Crippen LogP contribution in [0.5, 0.6) is 0 Å². The van der Waals surface area contributed by atoms with Gasteiger partial charge in [0.05, 0.1) is 6.04 Å². The van der Waals surface area contributed by atoms with E-state index in [4.69, 9.17) is 0 Å². The molecule has 13 heavy (non-hydrogen) atoms. The Labute approximate surface area is 81.3 Å². The van der Waals surface area contributed by atoms with Crippen molar-refractivity contribution in [1.82, 2.24) is 4.90 Å². The quantitative estimate of drug-likeness (QED) is 0.668. The molecule has 76 valence electrons. The van der Waals surface area contributed by atoms with Crippen molar-refractivity contribution in [1.29, 1.82) is 0 Å². The average Bonchev–Trinajstić information content (AvgIpc) is 2.45. The monoisotopic (exact) mass is 183 g/mol. The first-order chi connectivity index (χ1) is 6.07. The Kier molecular flexibility index (Phi) is 3.48. The van der Waals surface area contributed by atoms with E-state index in [2.05, 4.69) is 18.7 Å². The molecule has 0 aromatic heterocycles. The SMILES string of the molecule is CCC1CCC(C)N1C(C)C(C)=O. The standard InChI is InChI=1S/C11H21NO/c1-5-11-7-6-8(2)12(11)9(3)10(4)13/h8-9,11H,5-7H2,1-4H3. The first-order valence-electron chi connectivity index (χ1n) is 5.35. The minimum absolute atomic E-state index is 0.113. The summed E-state index contributed by atoms with van der Waals surface area (Å²) in [5.41, 5.74) is 0. The molecule has 3 unspecified atom stereocenters. The third-order valence-electron chi connectivity index (χ3n) is 3.36. The number of hydrogen-bond acceptors (Lipinski definition) is 2. The molecule has 1 saturated heterocycles. The molecule has 1 fully saturated rings. The predicted octanol–water partition coefficient (Wildman–Crippen LogP) is 2.23. The van der Waals surface area contributed by atoms with Crippen LogP contribution in [-0.2, 0) is 4.79 Å². The van der Waals surface area contributed by atoms with Crippen LogP contribution < -0.4 is 0 Å². The van der Waals surface area contributed by atoms with Crippen molar-refractivity contribution in [2.24, 2.45) is 0 Å². The molecule has 1 aliphatic heterocycles. The number of rotatable bonds is 3. The van der Waals surface area contributed by atoms with Gasteiger partial charge in [-0.15, -0.1) is 0 Å². The summed E-state index contributed by atoms with van der Waals surface area (Å²) in [4.78, 5) is 13.7. The summed E-state index contributed by atoms with van der Waals surface area (Å²) in [5, 5.41) is 0. The van der Waals surface area contributed by atoms with Crippen LogP contribution in [0.25, 0.3) is 0 Å². The third-order valence-corrected chi connectivity index (χ3v) is 3.36. The Morgan fingerprint density at radius 1 is 1.54 bits per heavy atom. The van der Waals surface area contributed by atoms with E-state index in [1.54, 1.807) is 6.92 Å². The summed E-state index contributed by atoms with van der Waals surface area (Å²) in [5.74, 6) is 0.298. The van der Waals surface area contributed by atoms with Crippen LogP contribution in [0, 0.1) is 0 Å². The fourth-order valence-electron chi connectivity index (χ4n) is 2.41. The van der Waals surface area contributed by atoms with Gasteiger partial charge in [-0.05, 0) is 40.0 Å². The normalized spacial score (nSPS) is 32.0. The maximum absolute atomic E-state index is 11.3. The Hall–Kier alpha value is -0.370. The fraction of sp³-hybridized carbons (Fsp3) is 0.909. The van der Waals surface area contributed by atoms with E-state index in [-0.39, 0.29) is 6.04 Å². The minimum atomic E-state index is 0.113. The first-order valence-corrected chi connectivity index (χ1v) is 5.35. The second-order valence-corrected chi connectivity index (χ2v) is 4.22. The predicted molar refractivity (Wildman–Crippen MR) is 54.8 cm³/mol. The van der Waals surface area contributed by atoms with E-state index in [1.165, 1.54) is 19.3 Å². The van der Waals surface area contributed by atoms with E-state index < -0.39 is 0 Å². The lowest BCUT2D eigenvalue weighted by atomic mass is 10.1. The van der Waals surface area contributed by atoms with Crippen LogP contribution in [-0.4, -0.2) is 28.8 Å². The number of nitrogens with zero attached hydrogens (tertiary/aromatic N) is 1. The molecule has 0 N–H and O–H groups in total. The van der Waals surface area contributed by atoms with Gasteiger partial charge in [0.2, 0.25) is 0 Å². The summed E-state index contributed by atoms with van der Waals surface area (Å²) in [7, 11) is 0. The molecular weight excluding hydrogens is 162 g/mol. The van der Waals surface area contributed by atoms with Crippen LogP contribution in [0.2, 0.25) is 0 Å². The van der Waals surface area contributed by atoms with Gasteiger partial charge in [0.15, 0.2) is 0 Å². The van der Waals surface area contributed by atoms with Gasteiger partial charge in [-0.1, -0.05) is 6.92 Å². The Balaban J connectivity index is 2.68. The molecule has 0 spiro atoms. The van der Waals surface area contributed by atoms with Crippen LogP contribution >= 0.6 is 0 Å². The molecule has 0 radical (unpaired) electrons. The zero-order valence-electron chi connectivity index (χ0n) is 9.21. The highest BCUT2D eigenvalue weighted by molar-refractivity contribution is 5.81. The van der Waals surface area contributed by atoms with Gasteiger partial charge in [-0.25, -0.2) is 0 Å². The molecule has 0 aromatic carbocycles. The summed E-state index contributed by atoms with van der Waals surface area (Å²) < 4.78 is 0. The Morgan fingerprint density at radius 3 is 2.62 bits per heavy atom. The van der Waals surface area contributed by atoms with Gasteiger partial charge in [-0.2, -0.15) is 0 Å². The van der Waals surface area contributed by atoms with Crippen molar-refractivity contribution in [2.45, 2.75) is 65.1 Å².